The molecule has 2 heterocycles. The quantitative estimate of drug-likeness (QED) is 0.461. The second-order valence-electron chi connectivity index (χ2n) is 7.34. The highest BCUT2D eigenvalue weighted by Crippen LogP contribution is 2.28. The Bertz CT molecular complexity index is 840. The van der Waals surface area contributed by atoms with Gasteiger partial charge in [0.15, 0.2) is 5.96 Å². The van der Waals surface area contributed by atoms with Crippen LogP contribution in [-0.2, 0) is 16.0 Å². The maximum atomic E-state index is 11.9. The molecule has 1 aromatic heterocycles. The van der Waals surface area contributed by atoms with Gasteiger partial charge in [0.1, 0.15) is 12.3 Å². The second kappa shape index (κ2) is 10.2. The molecule has 1 unspecified atom stereocenters. The zero-order chi connectivity index (χ0) is 20.6. The van der Waals surface area contributed by atoms with E-state index >= 15 is 0 Å². The number of aliphatic imine (C=N–C) groups is 1. The average Bonchev–Trinajstić information content (AvgIpc) is 3.39. The molecule has 1 atom stereocenters. The molecule has 0 bridgehead atoms. The molecule has 1 fully saturated rings. The van der Waals surface area contributed by atoms with Crippen molar-refractivity contribution in [2.45, 2.75) is 25.4 Å². The number of guanidine groups is 1. The van der Waals surface area contributed by atoms with E-state index in [-0.39, 0.29) is 18.6 Å². The first-order valence-corrected chi connectivity index (χ1v) is 10.1. The predicted octanol–water partition coefficient (Wildman–Crippen LogP) is 1.52. The number of fused-ring (bicyclic) bond motifs is 1. The minimum atomic E-state index is -0.0374. The van der Waals surface area contributed by atoms with Crippen LogP contribution >= 0.6 is 0 Å². The highest BCUT2D eigenvalue weighted by Gasteiger charge is 2.16. The molecule has 3 N–H and O–H groups in total. The Morgan fingerprint density at radius 3 is 2.97 bits per heavy atom. The van der Waals surface area contributed by atoms with Crippen molar-refractivity contribution in [3.05, 3.63) is 30.0 Å². The highest BCUT2D eigenvalue weighted by molar-refractivity contribution is 5.89. The third kappa shape index (κ3) is 5.63. The summed E-state index contributed by atoms with van der Waals surface area (Å²) >= 11 is 0. The normalized spacial score (nSPS) is 16.8. The molecule has 1 amide bonds. The summed E-state index contributed by atoms with van der Waals surface area (Å²) in [4.78, 5) is 21.2. The number of hydrogen-bond acceptors (Lipinski definition) is 4. The van der Waals surface area contributed by atoms with Crippen LogP contribution in [0.3, 0.4) is 0 Å². The molecule has 1 saturated heterocycles. The van der Waals surface area contributed by atoms with Crippen LogP contribution in [0.15, 0.2) is 29.4 Å². The van der Waals surface area contributed by atoms with E-state index < -0.39 is 0 Å². The van der Waals surface area contributed by atoms with Crippen LogP contribution in [0.25, 0.3) is 10.9 Å². The summed E-state index contributed by atoms with van der Waals surface area (Å²) in [6.07, 6.45) is 5.15. The van der Waals surface area contributed by atoms with Gasteiger partial charge < -0.3 is 30.0 Å². The molecular formula is C21H31N5O3. The first-order chi connectivity index (χ1) is 14.1. The number of hydrogen-bond donors (Lipinski definition) is 3. The fourth-order valence-electron chi connectivity index (χ4n) is 3.38. The Kier molecular flexibility index (Phi) is 7.35. The first kappa shape index (κ1) is 21.0. The lowest BCUT2D eigenvalue weighted by Gasteiger charge is -2.16. The number of nitrogens with one attached hydrogen (secondary N) is 3. The standard InChI is InChI=1S/C21H31N5O3/c1-26(2)19(27)14-25-21(24-13-16-6-5-11-29-16)22-10-9-15-12-23-17-7-4-8-18(28-3)20(15)17/h4,7-8,12,16,23H,5-6,9-11,13-14H2,1-3H3,(H2,22,24,25). The molecule has 8 nitrogen and oxygen atoms in total. The molecule has 0 saturated carbocycles. The average molecular weight is 402 g/mol. The number of benzene rings is 1. The van der Waals surface area contributed by atoms with Crippen LogP contribution < -0.4 is 15.4 Å². The summed E-state index contributed by atoms with van der Waals surface area (Å²) in [5, 5.41) is 7.74. The van der Waals surface area contributed by atoms with Crippen molar-refractivity contribution in [1.82, 2.24) is 20.5 Å². The third-order valence-electron chi connectivity index (χ3n) is 5.05. The van der Waals surface area contributed by atoms with Gasteiger partial charge in [0.2, 0.25) is 5.91 Å². The number of amides is 1. The molecule has 0 radical (unpaired) electrons. The van der Waals surface area contributed by atoms with Crippen LogP contribution in [-0.4, -0.2) is 75.3 Å². The number of ether oxygens (including phenoxy) is 2. The number of carbonyl (C=O) groups is 1. The SMILES string of the molecule is COc1cccc2[nH]cc(CCNC(=NCC(=O)N(C)C)NCC3CCCO3)c12. The van der Waals surface area contributed by atoms with Gasteiger partial charge in [-0.1, -0.05) is 6.07 Å². The summed E-state index contributed by atoms with van der Waals surface area (Å²) < 4.78 is 11.2. The van der Waals surface area contributed by atoms with Crippen molar-refractivity contribution in [2.24, 2.45) is 4.99 Å². The summed E-state index contributed by atoms with van der Waals surface area (Å²) in [5.74, 6) is 1.45. The molecule has 0 aliphatic carbocycles. The monoisotopic (exact) mass is 401 g/mol. The Hall–Kier alpha value is -2.74. The molecular weight excluding hydrogens is 370 g/mol. The predicted molar refractivity (Wildman–Crippen MR) is 115 cm³/mol. The zero-order valence-electron chi connectivity index (χ0n) is 17.5. The van der Waals surface area contributed by atoms with Crippen molar-refractivity contribution < 1.29 is 14.3 Å². The van der Waals surface area contributed by atoms with E-state index in [2.05, 4.69) is 20.6 Å². The topological polar surface area (TPSA) is 91.0 Å². The molecule has 2 aromatic rings. The zero-order valence-corrected chi connectivity index (χ0v) is 17.5. The number of likely N-dealkylation sites (N-methyl/N-ethyl adjacent to an activating group) is 1. The fraction of sp³-hybridized carbons (Fsp3) is 0.524. The number of carbonyl (C=O) groups excluding carboxylic acids is 1. The molecule has 8 heteroatoms. The summed E-state index contributed by atoms with van der Waals surface area (Å²) in [7, 11) is 5.15. The summed E-state index contributed by atoms with van der Waals surface area (Å²) in [6, 6.07) is 5.98. The Balaban J connectivity index is 1.61. The van der Waals surface area contributed by atoms with E-state index in [1.54, 1.807) is 26.1 Å². The molecule has 3 rings (SSSR count). The van der Waals surface area contributed by atoms with Crippen LogP contribution in [0.4, 0.5) is 0 Å². The molecule has 1 aliphatic heterocycles. The van der Waals surface area contributed by atoms with Crippen molar-refractivity contribution in [2.75, 3.05) is 47.4 Å². The Morgan fingerprint density at radius 2 is 2.24 bits per heavy atom. The van der Waals surface area contributed by atoms with E-state index in [1.165, 1.54) is 5.56 Å². The van der Waals surface area contributed by atoms with Crippen molar-refractivity contribution >= 4 is 22.8 Å². The fourth-order valence-corrected chi connectivity index (χ4v) is 3.38. The van der Waals surface area contributed by atoms with E-state index in [4.69, 9.17) is 9.47 Å². The number of H-pyrrole nitrogens is 1. The van der Waals surface area contributed by atoms with E-state index in [0.717, 1.165) is 42.5 Å². The Labute approximate surface area is 171 Å². The van der Waals surface area contributed by atoms with E-state index in [1.807, 2.05) is 24.4 Å². The van der Waals surface area contributed by atoms with Gasteiger partial charge in [0, 0.05) is 50.9 Å². The smallest absolute Gasteiger partial charge is 0.243 e. The number of aromatic amines is 1. The molecule has 1 aliphatic rings. The maximum Gasteiger partial charge on any atom is 0.243 e. The van der Waals surface area contributed by atoms with Crippen LogP contribution in [0, 0.1) is 0 Å². The van der Waals surface area contributed by atoms with Gasteiger partial charge in [-0.15, -0.1) is 0 Å². The highest BCUT2D eigenvalue weighted by atomic mass is 16.5. The first-order valence-electron chi connectivity index (χ1n) is 10.1. The van der Waals surface area contributed by atoms with Gasteiger partial charge >= 0.3 is 0 Å². The molecule has 29 heavy (non-hydrogen) atoms. The second-order valence-corrected chi connectivity index (χ2v) is 7.34. The van der Waals surface area contributed by atoms with Crippen LogP contribution in [0.5, 0.6) is 5.75 Å². The van der Waals surface area contributed by atoms with Crippen molar-refractivity contribution in [3.8, 4) is 5.75 Å². The van der Waals surface area contributed by atoms with Crippen molar-refractivity contribution in [3.63, 3.8) is 0 Å². The van der Waals surface area contributed by atoms with Gasteiger partial charge in [0.25, 0.3) is 0 Å². The number of nitrogens with zero attached hydrogens (tertiary/aromatic N) is 2. The molecule has 1 aromatic carbocycles. The largest absolute Gasteiger partial charge is 0.496 e. The summed E-state index contributed by atoms with van der Waals surface area (Å²) in [6.45, 7) is 2.28. The van der Waals surface area contributed by atoms with Crippen LogP contribution in [0.2, 0.25) is 0 Å². The van der Waals surface area contributed by atoms with Gasteiger partial charge in [-0.05, 0) is 37.0 Å². The lowest BCUT2D eigenvalue weighted by atomic mass is 10.1. The van der Waals surface area contributed by atoms with Gasteiger partial charge in [-0.2, -0.15) is 0 Å². The third-order valence-corrected chi connectivity index (χ3v) is 5.05. The van der Waals surface area contributed by atoms with E-state index in [9.17, 15) is 4.79 Å². The number of aromatic nitrogens is 1. The molecule has 158 valence electrons. The van der Waals surface area contributed by atoms with Gasteiger partial charge in [0.05, 0.1) is 13.2 Å². The minimum Gasteiger partial charge on any atom is -0.496 e. The lowest BCUT2D eigenvalue weighted by Crippen LogP contribution is -2.42. The number of methoxy groups -OCH3 is 1. The summed E-state index contributed by atoms with van der Waals surface area (Å²) in [5.41, 5.74) is 2.23. The Morgan fingerprint density at radius 1 is 1.38 bits per heavy atom. The van der Waals surface area contributed by atoms with E-state index in [0.29, 0.717) is 19.0 Å². The molecule has 0 spiro atoms. The number of rotatable bonds is 8. The van der Waals surface area contributed by atoms with Crippen LogP contribution in [0.1, 0.15) is 18.4 Å². The van der Waals surface area contributed by atoms with Crippen molar-refractivity contribution in [1.29, 1.82) is 0 Å². The minimum absolute atomic E-state index is 0.0374. The maximum absolute atomic E-state index is 11.9. The lowest BCUT2D eigenvalue weighted by molar-refractivity contribution is -0.127. The van der Waals surface area contributed by atoms with Gasteiger partial charge in [-0.3, -0.25) is 4.79 Å². The van der Waals surface area contributed by atoms with Gasteiger partial charge in [-0.25, -0.2) is 4.99 Å².